The summed E-state index contributed by atoms with van der Waals surface area (Å²) >= 11 is 0. The number of imide groups is 1. The van der Waals surface area contributed by atoms with Crippen molar-refractivity contribution in [1.29, 1.82) is 0 Å². The van der Waals surface area contributed by atoms with Crippen LogP contribution in [0.4, 0.5) is 4.79 Å². The van der Waals surface area contributed by atoms with Crippen LogP contribution in [0.1, 0.15) is 0 Å². The lowest BCUT2D eigenvalue weighted by Gasteiger charge is -2.38. The van der Waals surface area contributed by atoms with Crippen LogP contribution in [0.25, 0.3) is 0 Å². The minimum Gasteiger partial charge on any atom is -0.316 e. The average Bonchev–Trinajstić information content (AvgIpc) is 2.13. The summed E-state index contributed by atoms with van der Waals surface area (Å²) in [7, 11) is 2.79. The van der Waals surface area contributed by atoms with Crippen molar-refractivity contribution in [3.8, 4) is 0 Å². The van der Waals surface area contributed by atoms with E-state index < -0.39 is 24.1 Å². The van der Waals surface area contributed by atoms with E-state index in [0.717, 1.165) is 4.90 Å². The van der Waals surface area contributed by atoms with E-state index in [-0.39, 0.29) is 0 Å². The molecule has 7 heteroatoms. The first-order valence-electron chi connectivity index (χ1n) is 3.70. The Morgan fingerprint density at radius 2 is 2.00 bits per heavy atom. The average molecular weight is 188 g/mol. The van der Waals surface area contributed by atoms with Gasteiger partial charge in [-0.2, -0.15) is 5.48 Å². The van der Waals surface area contributed by atoms with Crippen molar-refractivity contribution in [1.82, 2.24) is 15.3 Å². The van der Waals surface area contributed by atoms with Crippen molar-refractivity contribution in [2.45, 2.75) is 12.2 Å². The van der Waals surface area contributed by atoms with Crippen molar-refractivity contribution in [3.63, 3.8) is 0 Å². The van der Waals surface area contributed by atoms with Gasteiger partial charge in [0.1, 0.15) is 12.2 Å². The van der Waals surface area contributed by atoms with Gasteiger partial charge in [0, 0.05) is 14.1 Å². The topological polar surface area (TPSA) is 98.9 Å². The van der Waals surface area contributed by atoms with Crippen LogP contribution in [0.5, 0.6) is 0 Å². The zero-order valence-electron chi connectivity index (χ0n) is 7.39. The zero-order chi connectivity index (χ0) is 10.2. The van der Waals surface area contributed by atoms with E-state index in [1.807, 2.05) is 0 Å². The molecule has 0 aromatic rings. The highest BCUT2D eigenvalue weighted by Gasteiger charge is 2.41. The van der Waals surface area contributed by atoms with Gasteiger partial charge in [-0.3, -0.25) is 9.69 Å². The number of carbonyl (C=O) groups is 2. The first kappa shape index (κ1) is 9.90. The Hall–Kier alpha value is -1.18. The van der Waals surface area contributed by atoms with Crippen molar-refractivity contribution < 1.29 is 14.8 Å². The lowest BCUT2D eigenvalue weighted by Crippen LogP contribution is -2.68. The predicted molar refractivity (Wildman–Crippen MR) is 42.6 cm³/mol. The fourth-order valence-corrected chi connectivity index (χ4v) is 1.17. The van der Waals surface area contributed by atoms with E-state index >= 15 is 0 Å². The molecule has 1 aliphatic rings. The summed E-state index contributed by atoms with van der Waals surface area (Å²) in [5.41, 5.74) is 7.29. The van der Waals surface area contributed by atoms with Gasteiger partial charge in [0.2, 0.25) is 0 Å². The molecule has 0 bridgehead atoms. The van der Waals surface area contributed by atoms with E-state index in [2.05, 4.69) is 0 Å². The second-order valence-corrected chi connectivity index (χ2v) is 2.89. The molecule has 0 radical (unpaired) electrons. The molecule has 0 spiro atoms. The van der Waals surface area contributed by atoms with Crippen LogP contribution >= 0.6 is 0 Å². The number of rotatable bonds is 1. The first-order chi connectivity index (χ1) is 6.00. The molecular formula is C6H12N4O3. The number of carbonyl (C=O) groups excluding carboxylic acids is 2. The summed E-state index contributed by atoms with van der Waals surface area (Å²) in [5, 5.41) is 8.64. The van der Waals surface area contributed by atoms with Crippen molar-refractivity contribution in [2.75, 3.05) is 14.1 Å². The van der Waals surface area contributed by atoms with Gasteiger partial charge in [-0.05, 0) is 0 Å². The molecule has 4 N–H and O–H groups in total. The molecule has 1 fully saturated rings. The van der Waals surface area contributed by atoms with Crippen molar-refractivity contribution in [2.24, 2.45) is 5.73 Å². The third kappa shape index (κ3) is 1.37. The highest BCUT2D eigenvalue weighted by Crippen LogP contribution is 2.10. The molecule has 0 aliphatic carbocycles. The van der Waals surface area contributed by atoms with E-state index in [1.165, 1.54) is 19.0 Å². The number of hydrogen-bond acceptors (Lipinski definition) is 5. The highest BCUT2D eigenvalue weighted by atomic mass is 16.5. The lowest BCUT2D eigenvalue weighted by atomic mass is 10.1. The first-order valence-corrected chi connectivity index (χ1v) is 3.70. The Labute approximate surface area is 75.0 Å². The largest absolute Gasteiger partial charge is 0.327 e. The van der Waals surface area contributed by atoms with Crippen LogP contribution in [-0.4, -0.2) is 53.2 Å². The van der Waals surface area contributed by atoms with Crippen LogP contribution < -0.4 is 11.2 Å². The van der Waals surface area contributed by atoms with Crippen LogP contribution in [0.2, 0.25) is 0 Å². The van der Waals surface area contributed by atoms with Crippen LogP contribution in [0.3, 0.4) is 0 Å². The van der Waals surface area contributed by atoms with Gasteiger partial charge in [-0.25, -0.2) is 4.79 Å². The number of nitrogens with two attached hydrogens (primary N) is 1. The van der Waals surface area contributed by atoms with Gasteiger partial charge in [-0.15, -0.1) is 0 Å². The molecule has 0 saturated carbocycles. The SMILES string of the molecule is CN1C(=O)C(NO)C(N)N(C)C1=O. The molecule has 1 heterocycles. The maximum absolute atomic E-state index is 11.3. The number of likely N-dealkylation sites (N-methyl/N-ethyl adjacent to an activating group) is 2. The molecule has 0 aromatic heterocycles. The number of amides is 3. The van der Waals surface area contributed by atoms with E-state index in [4.69, 9.17) is 10.9 Å². The minimum absolute atomic E-state index is 0.482. The van der Waals surface area contributed by atoms with E-state index in [0.29, 0.717) is 0 Å². The van der Waals surface area contributed by atoms with Crippen LogP contribution in [0.15, 0.2) is 0 Å². The molecule has 13 heavy (non-hydrogen) atoms. The number of hydroxylamine groups is 1. The molecule has 1 saturated heterocycles. The molecule has 2 atom stereocenters. The minimum atomic E-state index is -0.965. The number of urea groups is 1. The fraction of sp³-hybridized carbons (Fsp3) is 0.667. The molecule has 1 rings (SSSR count). The van der Waals surface area contributed by atoms with E-state index in [9.17, 15) is 9.59 Å². The summed E-state index contributed by atoms with van der Waals surface area (Å²) in [4.78, 5) is 24.6. The molecule has 7 nitrogen and oxygen atoms in total. The summed E-state index contributed by atoms with van der Waals surface area (Å²) in [5.74, 6) is -0.543. The molecule has 2 unspecified atom stereocenters. The molecule has 1 aliphatic heterocycles. The Balaban J connectivity index is 2.92. The molecule has 3 amide bonds. The van der Waals surface area contributed by atoms with Gasteiger partial charge in [0.05, 0.1) is 0 Å². The second kappa shape index (κ2) is 3.29. The molecule has 74 valence electrons. The Morgan fingerprint density at radius 3 is 2.46 bits per heavy atom. The lowest BCUT2D eigenvalue weighted by molar-refractivity contribution is -0.137. The van der Waals surface area contributed by atoms with Crippen LogP contribution in [0, 0.1) is 0 Å². The van der Waals surface area contributed by atoms with Crippen molar-refractivity contribution in [3.05, 3.63) is 0 Å². The van der Waals surface area contributed by atoms with Gasteiger partial charge < -0.3 is 15.8 Å². The number of nitrogens with zero attached hydrogens (tertiary/aromatic N) is 2. The molecular weight excluding hydrogens is 176 g/mol. The van der Waals surface area contributed by atoms with Crippen LogP contribution in [-0.2, 0) is 4.79 Å². The zero-order valence-corrected chi connectivity index (χ0v) is 7.39. The smallest absolute Gasteiger partial charge is 0.316 e. The third-order valence-corrected chi connectivity index (χ3v) is 2.11. The fourth-order valence-electron chi connectivity index (χ4n) is 1.17. The van der Waals surface area contributed by atoms with Gasteiger partial charge in [0.25, 0.3) is 5.91 Å². The van der Waals surface area contributed by atoms with Crippen molar-refractivity contribution >= 4 is 11.9 Å². The maximum atomic E-state index is 11.3. The number of nitrogens with one attached hydrogen (secondary N) is 1. The predicted octanol–water partition coefficient (Wildman–Crippen LogP) is -1.86. The monoisotopic (exact) mass is 188 g/mol. The summed E-state index contributed by atoms with van der Waals surface area (Å²) in [6, 6.07) is -1.45. The summed E-state index contributed by atoms with van der Waals surface area (Å²) in [6.45, 7) is 0. The summed E-state index contributed by atoms with van der Waals surface area (Å²) < 4.78 is 0. The quantitative estimate of drug-likeness (QED) is 0.419. The third-order valence-electron chi connectivity index (χ3n) is 2.11. The number of hydrogen-bond donors (Lipinski definition) is 3. The normalized spacial score (nSPS) is 29.8. The Morgan fingerprint density at radius 1 is 1.46 bits per heavy atom. The standard InChI is InChI=1S/C6H12N4O3/c1-9-4(7)3(8-13)5(11)10(2)6(9)12/h3-4,8,13H,7H2,1-2H3. The summed E-state index contributed by atoms with van der Waals surface area (Å²) in [6.07, 6.45) is -0.846. The van der Waals surface area contributed by atoms with Gasteiger partial charge in [-0.1, -0.05) is 0 Å². The van der Waals surface area contributed by atoms with E-state index in [1.54, 1.807) is 5.48 Å². The Kier molecular flexibility index (Phi) is 2.50. The van der Waals surface area contributed by atoms with Gasteiger partial charge >= 0.3 is 6.03 Å². The highest BCUT2D eigenvalue weighted by molar-refractivity contribution is 5.99. The Bertz CT molecular complexity index is 244. The maximum Gasteiger partial charge on any atom is 0.327 e. The van der Waals surface area contributed by atoms with Gasteiger partial charge in [0.15, 0.2) is 0 Å². The molecule has 0 aromatic carbocycles. The second-order valence-electron chi connectivity index (χ2n) is 2.89.